The summed E-state index contributed by atoms with van der Waals surface area (Å²) in [5.74, 6) is -1.24. The molecule has 2 N–H and O–H groups in total. The van der Waals surface area contributed by atoms with Gasteiger partial charge >= 0.3 is 26.2 Å². The molecule has 0 aliphatic carbocycles. The first-order valence-corrected chi connectivity index (χ1v) is 13.8. The maximum absolute atomic E-state index is 11.8. The van der Waals surface area contributed by atoms with E-state index in [0.29, 0.717) is 32.7 Å². The van der Waals surface area contributed by atoms with Crippen LogP contribution >= 0.6 is 8.60 Å². The number of carbonyl (C=O) groups excluding carboxylic acids is 1. The molecule has 13 heteroatoms. The zero-order chi connectivity index (χ0) is 27.8. The highest BCUT2D eigenvalue weighted by Crippen LogP contribution is 2.45. The van der Waals surface area contributed by atoms with Gasteiger partial charge in [0, 0.05) is 18.2 Å². The minimum absolute atomic E-state index is 0.0364. The largest absolute Gasteiger partial charge is 0.481 e. The molecule has 0 saturated carbocycles. The number of aromatic amines is 1. The third-order valence-electron chi connectivity index (χ3n) is 5.15. The zero-order valence-electron chi connectivity index (χ0n) is 22.3. The third-order valence-corrected chi connectivity index (χ3v) is 6.23. The van der Waals surface area contributed by atoms with E-state index in [9.17, 15) is 19.2 Å². The molecule has 1 aromatic heterocycles. The Morgan fingerprint density at radius 3 is 2.43 bits per heavy atom. The Bertz CT molecular complexity index is 911. The van der Waals surface area contributed by atoms with E-state index in [1.165, 1.54) is 16.8 Å². The Morgan fingerprint density at radius 1 is 1.22 bits per heavy atom. The van der Waals surface area contributed by atoms with Crippen LogP contribution in [0.1, 0.15) is 73.0 Å². The van der Waals surface area contributed by atoms with Gasteiger partial charge in [-0.25, -0.2) is 4.79 Å². The summed E-state index contributed by atoms with van der Waals surface area (Å²) < 4.78 is 29.2. The summed E-state index contributed by atoms with van der Waals surface area (Å²) in [6.45, 7) is 10.8. The highest BCUT2D eigenvalue weighted by atomic mass is 31.2. The number of nitrogens with one attached hydrogen (secondary N) is 1. The molecule has 2 aliphatic rings. The number of carbonyl (C=O) groups is 2. The molecule has 0 radical (unpaired) electrons. The Morgan fingerprint density at radius 2 is 1.86 bits per heavy atom. The molecule has 3 rings (SSSR count). The number of ether oxygens (including phenoxy) is 2. The number of aliphatic carboxylic acids is 1. The van der Waals surface area contributed by atoms with Crippen molar-refractivity contribution in [3.63, 3.8) is 0 Å². The van der Waals surface area contributed by atoms with Crippen molar-refractivity contribution in [1.82, 2.24) is 9.55 Å². The van der Waals surface area contributed by atoms with E-state index in [2.05, 4.69) is 4.98 Å². The van der Waals surface area contributed by atoms with E-state index in [1.807, 2.05) is 20.8 Å². The van der Waals surface area contributed by atoms with E-state index >= 15 is 0 Å². The second-order valence-electron chi connectivity index (χ2n) is 8.56. The minimum Gasteiger partial charge on any atom is -0.481 e. The summed E-state index contributed by atoms with van der Waals surface area (Å²) in [5, 5.41) is 7.99. The fourth-order valence-corrected chi connectivity index (χ4v) is 4.22. The quantitative estimate of drug-likeness (QED) is 0.252. The molecule has 3 heterocycles. The average Bonchev–Trinajstić information content (AvgIpc) is 3.34. The monoisotopic (exact) mass is 548 g/mol. The molecular formula is C24H41N2O10P. The number of unbranched alkanes of at least 4 members (excludes halogenated alkanes) is 1. The fraction of sp³-hybridized carbons (Fsp3) is 0.750. The first kappa shape index (κ1) is 32.9. The average molecular weight is 549 g/mol. The number of hydrogen-bond donors (Lipinski definition) is 2. The first-order chi connectivity index (χ1) is 17.7. The van der Waals surface area contributed by atoms with Crippen molar-refractivity contribution in [3.05, 3.63) is 33.1 Å². The first-order valence-electron chi connectivity index (χ1n) is 12.7. The molecule has 2 unspecified atom stereocenters. The van der Waals surface area contributed by atoms with Crippen LogP contribution in [0.2, 0.25) is 0 Å². The molecule has 2 fully saturated rings. The van der Waals surface area contributed by atoms with Crippen LogP contribution in [0.4, 0.5) is 0 Å². The summed E-state index contributed by atoms with van der Waals surface area (Å²) in [4.78, 5) is 46.7. The van der Waals surface area contributed by atoms with Crippen LogP contribution < -0.4 is 11.2 Å². The maximum Gasteiger partial charge on any atom is 0.332 e. The number of esters is 1. The highest BCUT2D eigenvalue weighted by Gasteiger charge is 2.31. The van der Waals surface area contributed by atoms with Gasteiger partial charge in [-0.15, -0.1) is 0 Å². The lowest BCUT2D eigenvalue weighted by Gasteiger charge is -2.27. The van der Waals surface area contributed by atoms with E-state index in [0.717, 1.165) is 12.8 Å². The molecular weight excluding hydrogens is 507 g/mol. The predicted molar refractivity (Wildman–Crippen MR) is 137 cm³/mol. The molecule has 37 heavy (non-hydrogen) atoms. The van der Waals surface area contributed by atoms with Gasteiger partial charge in [-0.05, 0) is 19.3 Å². The molecule has 2 aliphatic heterocycles. The van der Waals surface area contributed by atoms with Crippen LogP contribution in [0, 0.1) is 11.8 Å². The van der Waals surface area contributed by atoms with E-state index in [1.54, 1.807) is 13.8 Å². The predicted octanol–water partition coefficient (Wildman–Crippen LogP) is 3.61. The second kappa shape index (κ2) is 18.2. The standard InChI is InChI=1S/C18H27N2O8P.C4H8O2.C2H6/c1-2-3-8-24-17(22)9-13-10-25-29(26-11-13)27-12-14-4-5-16(28-14)20-7-6-15(21)19-18(20)23;1-3(2)4(5)6;1-2/h6-7,13-14,16H,2-5,8-12H2,1H3,(H,19,21,23);3H,1-2H3,(H,5,6);1-2H3. The van der Waals surface area contributed by atoms with Crippen molar-refractivity contribution in [2.75, 3.05) is 26.4 Å². The summed E-state index contributed by atoms with van der Waals surface area (Å²) in [7, 11) is -1.48. The van der Waals surface area contributed by atoms with Gasteiger partial charge in [-0.3, -0.25) is 23.9 Å². The van der Waals surface area contributed by atoms with Gasteiger partial charge in [0.1, 0.15) is 6.23 Å². The topological polar surface area (TPSA) is 155 Å². The van der Waals surface area contributed by atoms with Crippen molar-refractivity contribution in [2.45, 2.75) is 79.1 Å². The maximum atomic E-state index is 11.8. The van der Waals surface area contributed by atoms with E-state index < -0.39 is 32.0 Å². The molecule has 12 nitrogen and oxygen atoms in total. The van der Waals surface area contributed by atoms with Gasteiger partial charge in [0.05, 0.1) is 44.9 Å². The van der Waals surface area contributed by atoms with Crippen molar-refractivity contribution in [2.24, 2.45) is 11.8 Å². The summed E-state index contributed by atoms with van der Waals surface area (Å²) in [5.41, 5.74) is -0.933. The van der Waals surface area contributed by atoms with Crippen molar-refractivity contribution in [1.29, 1.82) is 0 Å². The number of carboxylic acids is 1. The number of carboxylic acid groups (broad SMARTS) is 1. The number of hydrogen-bond acceptors (Lipinski definition) is 9. The summed E-state index contributed by atoms with van der Waals surface area (Å²) in [6, 6.07) is 1.29. The van der Waals surface area contributed by atoms with Gasteiger partial charge in [-0.1, -0.05) is 41.0 Å². The molecule has 0 aromatic carbocycles. The van der Waals surface area contributed by atoms with Crippen LogP contribution in [0.15, 0.2) is 21.9 Å². The van der Waals surface area contributed by atoms with Crippen LogP contribution in [0.5, 0.6) is 0 Å². The van der Waals surface area contributed by atoms with Gasteiger partial charge in [0.15, 0.2) is 0 Å². The molecule has 0 amide bonds. The Labute approximate surface area is 218 Å². The molecule has 212 valence electrons. The fourth-order valence-electron chi connectivity index (χ4n) is 3.05. The lowest BCUT2D eigenvalue weighted by Crippen LogP contribution is -2.31. The minimum atomic E-state index is -1.48. The van der Waals surface area contributed by atoms with Crippen LogP contribution in [0.3, 0.4) is 0 Å². The molecule has 1 aromatic rings. The van der Waals surface area contributed by atoms with E-state index in [4.69, 9.17) is 28.2 Å². The van der Waals surface area contributed by atoms with Crippen molar-refractivity contribution in [3.8, 4) is 0 Å². The third kappa shape index (κ3) is 12.8. The Kier molecular flexibility index (Phi) is 16.2. The SMILES string of the molecule is CC.CC(C)C(=O)O.CCCCOC(=O)CC1COP(OCC2CCC(n3ccc(=O)[nH]c3=O)O2)OC1. The normalized spacial score (nSPS) is 22.9. The van der Waals surface area contributed by atoms with Crippen molar-refractivity contribution < 1.29 is 37.7 Å². The molecule has 0 bridgehead atoms. The Balaban J connectivity index is 0.000000752. The van der Waals surface area contributed by atoms with Crippen LogP contribution in [-0.2, 0) is 32.6 Å². The van der Waals surface area contributed by atoms with Crippen LogP contribution in [-0.4, -0.2) is 59.1 Å². The highest BCUT2D eigenvalue weighted by molar-refractivity contribution is 7.41. The van der Waals surface area contributed by atoms with Crippen LogP contribution in [0.25, 0.3) is 0 Å². The lowest BCUT2D eigenvalue weighted by atomic mass is 10.1. The van der Waals surface area contributed by atoms with Gasteiger partial charge in [0.2, 0.25) is 0 Å². The summed E-state index contributed by atoms with van der Waals surface area (Å²) in [6.07, 6.45) is 4.28. The second-order valence-corrected chi connectivity index (χ2v) is 9.78. The number of nitrogens with zero attached hydrogens (tertiary/aromatic N) is 1. The summed E-state index contributed by atoms with van der Waals surface area (Å²) >= 11 is 0. The number of rotatable bonds is 10. The molecule has 0 spiro atoms. The van der Waals surface area contributed by atoms with Crippen molar-refractivity contribution >= 4 is 20.5 Å². The van der Waals surface area contributed by atoms with E-state index in [-0.39, 0.29) is 36.9 Å². The van der Waals surface area contributed by atoms with Gasteiger partial charge < -0.3 is 28.2 Å². The lowest BCUT2D eigenvalue weighted by molar-refractivity contribution is -0.146. The van der Waals surface area contributed by atoms with Gasteiger partial charge in [-0.2, -0.15) is 0 Å². The van der Waals surface area contributed by atoms with Gasteiger partial charge in [0.25, 0.3) is 5.56 Å². The molecule has 2 saturated heterocycles. The Hall–Kier alpha value is -2.11. The number of aromatic nitrogens is 2. The smallest absolute Gasteiger partial charge is 0.332 e. The zero-order valence-corrected chi connectivity index (χ0v) is 23.2. The molecule has 2 atom stereocenters. The number of H-pyrrole nitrogens is 1.